The highest BCUT2D eigenvalue weighted by atomic mass is 32.2. The molecule has 30 heteroatoms. The van der Waals surface area contributed by atoms with Crippen LogP contribution in [0.1, 0.15) is 98.3 Å². The summed E-state index contributed by atoms with van der Waals surface area (Å²) in [6.45, 7) is 5.29. The lowest BCUT2D eigenvalue weighted by molar-refractivity contribution is -0.438. The number of hydrogen-bond donors (Lipinski definition) is 7. The highest BCUT2D eigenvalue weighted by molar-refractivity contribution is 7.87. The Bertz CT molecular complexity index is 4350. The number of carboxylic acid groups (broad SMARTS) is 1. The van der Waals surface area contributed by atoms with Gasteiger partial charge in [-0.2, -0.15) is 55.1 Å². The van der Waals surface area contributed by atoms with Gasteiger partial charge in [0.05, 0.1) is 37.2 Å². The van der Waals surface area contributed by atoms with E-state index in [0.29, 0.717) is 75.6 Å². The summed E-state index contributed by atoms with van der Waals surface area (Å²) >= 11 is 0. The maximum Gasteiger partial charge on any atom is 0.335 e. The van der Waals surface area contributed by atoms with Crippen molar-refractivity contribution in [3.8, 4) is 0 Å². The van der Waals surface area contributed by atoms with Crippen molar-refractivity contribution >= 4 is 111 Å². The molecule has 1 atom stereocenters. The van der Waals surface area contributed by atoms with Crippen LogP contribution >= 0.6 is 0 Å². The molecule has 0 saturated heterocycles. The Morgan fingerprint density at radius 2 is 1.28 bits per heavy atom. The Kier molecular flexibility index (Phi) is 16.8. The number of nitrogens with zero attached hydrogens (tertiary/aromatic N) is 3. The van der Waals surface area contributed by atoms with E-state index in [4.69, 9.17) is 0 Å². The molecule has 3 heterocycles. The highest BCUT2D eigenvalue weighted by Gasteiger charge is 2.48. The van der Waals surface area contributed by atoms with Gasteiger partial charge in [0.2, 0.25) is 11.6 Å². The van der Waals surface area contributed by atoms with Gasteiger partial charge < -0.3 is 14.9 Å². The van der Waals surface area contributed by atoms with Crippen molar-refractivity contribution in [1.82, 2.24) is 4.90 Å². The van der Waals surface area contributed by atoms with E-state index in [0.717, 1.165) is 12.1 Å². The monoisotopic (exact) mass is 1250 g/mol. The molecule has 3 aliphatic heterocycles. The summed E-state index contributed by atoms with van der Waals surface area (Å²) in [5, 5.41) is 10.3. The van der Waals surface area contributed by atoms with E-state index in [9.17, 15) is 92.5 Å². The highest BCUT2D eigenvalue weighted by Crippen LogP contribution is 2.54. The number of aromatic carboxylic acids is 1. The smallest absolute Gasteiger partial charge is 0.335 e. The number of carbonyl (C=O) groups excluding carboxylic acids is 1. The third-order valence-electron chi connectivity index (χ3n) is 15.3. The van der Waals surface area contributed by atoms with Crippen molar-refractivity contribution in [3.05, 3.63) is 118 Å². The van der Waals surface area contributed by atoms with Crippen LogP contribution < -0.4 is 4.90 Å². The predicted molar refractivity (Wildman–Crippen MR) is 300 cm³/mol. The van der Waals surface area contributed by atoms with Gasteiger partial charge in [-0.1, -0.05) is 18.2 Å². The quantitative estimate of drug-likeness (QED) is 0.0238. The average Bonchev–Trinajstić information content (AvgIpc) is 1.65. The Hall–Kier alpha value is -6.03. The normalized spacial score (nSPS) is 18.2. The fourth-order valence-electron chi connectivity index (χ4n) is 11.6. The number of anilines is 1. The van der Waals surface area contributed by atoms with Crippen LogP contribution in [0, 0.1) is 0 Å². The molecule has 24 nitrogen and oxygen atoms in total. The van der Waals surface area contributed by atoms with Crippen molar-refractivity contribution < 1.29 is 97.1 Å². The molecule has 1 amide bonds. The lowest BCUT2D eigenvalue weighted by Crippen LogP contribution is -2.36. The molecule has 5 aromatic carbocycles. The first-order chi connectivity index (χ1) is 37.8. The van der Waals surface area contributed by atoms with E-state index in [1.807, 2.05) is 4.58 Å². The molecular formula is C52H58N3O21S6+. The summed E-state index contributed by atoms with van der Waals surface area (Å²) < 4.78 is 211. The predicted octanol–water partition coefficient (Wildman–Crippen LogP) is 6.36. The Balaban J connectivity index is 1.21. The third-order valence-corrected chi connectivity index (χ3v) is 20.4. The minimum atomic E-state index is -5.12. The van der Waals surface area contributed by atoms with Gasteiger partial charge in [0.25, 0.3) is 60.7 Å². The van der Waals surface area contributed by atoms with Gasteiger partial charge in [-0.05, 0) is 147 Å². The lowest BCUT2D eigenvalue weighted by atomic mass is 9.75. The Labute approximate surface area is 474 Å². The number of benzene rings is 5. The topological polar surface area (TPSA) is 390 Å². The van der Waals surface area contributed by atoms with E-state index in [-0.39, 0.29) is 86.1 Å². The number of hydrogen-bond acceptors (Lipinski definition) is 15. The average molecular weight is 1250 g/mol. The number of carbonyl (C=O) groups is 2. The number of unbranched alkanes of at least 4 members (excludes halogenated alkanes) is 2. The molecule has 3 aliphatic rings. The maximum atomic E-state index is 13.6. The summed E-state index contributed by atoms with van der Waals surface area (Å²) in [7, 11) is -28.9. The second-order valence-corrected chi connectivity index (χ2v) is 29.9. The first-order valence-corrected chi connectivity index (χ1v) is 34.3. The number of fused-ring (bicyclic) bond motifs is 7. The molecule has 0 aliphatic carbocycles. The lowest BCUT2D eigenvalue weighted by Gasteiger charge is -2.31. The Morgan fingerprint density at radius 3 is 1.90 bits per heavy atom. The van der Waals surface area contributed by atoms with E-state index >= 15 is 0 Å². The number of carboxylic acids is 1. The summed E-state index contributed by atoms with van der Waals surface area (Å²) in [4.78, 5) is 25.8. The van der Waals surface area contributed by atoms with Crippen molar-refractivity contribution in [2.45, 2.75) is 109 Å². The van der Waals surface area contributed by atoms with Crippen molar-refractivity contribution in [1.29, 1.82) is 0 Å². The van der Waals surface area contributed by atoms with E-state index in [1.165, 1.54) is 35.2 Å². The van der Waals surface area contributed by atoms with E-state index < -0.39 is 109 Å². The van der Waals surface area contributed by atoms with Crippen molar-refractivity contribution in [2.24, 2.45) is 0 Å². The molecule has 0 radical (unpaired) electrons. The zero-order valence-electron chi connectivity index (χ0n) is 44.1. The van der Waals surface area contributed by atoms with Crippen LogP contribution in [0.15, 0.2) is 110 Å². The second kappa shape index (κ2) is 22.2. The first kappa shape index (κ1) is 62.0. The number of rotatable bonds is 21. The van der Waals surface area contributed by atoms with Crippen molar-refractivity contribution in [3.63, 3.8) is 0 Å². The van der Waals surface area contributed by atoms with Gasteiger partial charge in [-0.3, -0.25) is 32.1 Å². The fourth-order valence-corrected chi connectivity index (χ4v) is 15.3. The fraction of sp³-hybridized carbons (Fsp3) is 0.365. The molecule has 0 spiro atoms. The molecule has 5 aromatic rings. The first-order valence-electron chi connectivity index (χ1n) is 25.3. The maximum absolute atomic E-state index is 13.6. The minimum absolute atomic E-state index is 0.00409. The molecule has 8 rings (SSSR count). The molecule has 0 bridgehead atoms. The number of amides is 1. The largest absolute Gasteiger partial charge is 0.478 e. The molecule has 0 aromatic heterocycles. The van der Waals surface area contributed by atoms with E-state index in [2.05, 4.69) is 0 Å². The molecule has 7 N–H and O–H groups in total. The zero-order valence-corrected chi connectivity index (χ0v) is 49.0. The molecular weight excluding hydrogens is 1190 g/mol. The Morgan fingerprint density at radius 1 is 0.646 bits per heavy atom. The van der Waals surface area contributed by atoms with Gasteiger partial charge in [0, 0.05) is 72.4 Å². The van der Waals surface area contributed by atoms with Gasteiger partial charge in [-0.25, -0.2) is 4.79 Å². The van der Waals surface area contributed by atoms with Gasteiger partial charge in [-0.15, -0.1) is 0 Å². The molecule has 442 valence electrons. The standard InChI is InChI=1S/C52H57N3O21S6/c1-51(2)45(10-7-11-46-52(3,20-8-24-77(59,60)61)49-38-28-35(79(65,66)67)15-13-32(38)14-17-42(49)55(46)22-9-25-78(62,63)64)54(41-18-16-37-39(48(41)51)29-36(80(68,69)70)30-44(37)82(74,75)76)21-6-4-5-12-47(56)53-23-19-33-26-34(50(57)58)27-43(40(33)31-53)81(71,72)73/h7,10-11,13-18,26-30H,4-6,8-9,12,19-25,31H2,1-3H3,(H6-,57,58,59,60,61,62,63,64,65,66,67,68,69,70,71,72,73,74,75,76)/p+1. The van der Waals surface area contributed by atoms with E-state index in [1.54, 1.807) is 62.1 Å². The summed E-state index contributed by atoms with van der Waals surface area (Å²) in [6, 6.07) is 14.1. The summed E-state index contributed by atoms with van der Waals surface area (Å²) in [6.07, 6.45) is 5.85. The van der Waals surface area contributed by atoms with Crippen LogP contribution in [0.4, 0.5) is 11.4 Å². The van der Waals surface area contributed by atoms with Crippen LogP contribution in [0.25, 0.3) is 21.5 Å². The van der Waals surface area contributed by atoms with Crippen LogP contribution in [0.2, 0.25) is 0 Å². The van der Waals surface area contributed by atoms with Crippen molar-refractivity contribution in [2.75, 3.05) is 36.0 Å². The van der Waals surface area contributed by atoms with Gasteiger partial charge >= 0.3 is 5.97 Å². The van der Waals surface area contributed by atoms with Crippen LogP contribution in [0.3, 0.4) is 0 Å². The second-order valence-electron chi connectivity index (χ2n) is 21.1. The molecule has 0 saturated carbocycles. The molecule has 1 unspecified atom stereocenters. The number of allylic oxidation sites excluding steroid dienone is 4. The zero-order chi connectivity index (χ0) is 60.5. The SMILES string of the molecule is CC1(C)C(C=CC=C2N(CCCS(=O)(=O)O)c3ccc4ccc(S(=O)(=O)O)cc4c3C2(C)CCCS(=O)(=O)O)=[N+](CCCCCC(=O)N2CCc3cc(C(=O)O)cc(S(=O)(=O)O)c3C2)c2ccc3c(S(=O)(=O)O)cc(S(=O)(=O)O)cc3c21. The van der Waals surface area contributed by atoms with Gasteiger partial charge in [0.15, 0.2) is 5.71 Å². The van der Waals surface area contributed by atoms with Gasteiger partial charge in [0.1, 0.15) is 11.4 Å². The molecule has 0 fully saturated rings. The molecule has 82 heavy (non-hydrogen) atoms. The third kappa shape index (κ3) is 12.9. The minimum Gasteiger partial charge on any atom is -0.478 e. The van der Waals surface area contributed by atoms with Crippen LogP contribution in [-0.4, -0.2) is 141 Å². The van der Waals surface area contributed by atoms with Crippen LogP contribution in [0.5, 0.6) is 0 Å². The summed E-state index contributed by atoms with van der Waals surface area (Å²) in [5.74, 6) is -3.12. The van der Waals surface area contributed by atoms with Crippen LogP contribution in [-0.2, 0) is 89.3 Å². The summed E-state index contributed by atoms with van der Waals surface area (Å²) in [5.41, 5.74) is 0.261.